The van der Waals surface area contributed by atoms with E-state index in [0.717, 1.165) is 49.2 Å². The highest BCUT2D eigenvalue weighted by molar-refractivity contribution is 5.64. The molecule has 1 aromatic heterocycles. The van der Waals surface area contributed by atoms with Gasteiger partial charge < -0.3 is 10.2 Å². The van der Waals surface area contributed by atoms with Gasteiger partial charge >= 0.3 is 0 Å². The lowest BCUT2D eigenvalue weighted by atomic mass is 10.1. The van der Waals surface area contributed by atoms with Gasteiger partial charge in [-0.1, -0.05) is 13.8 Å². The summed E-state index contributed by atoms with van der Waals surface area (Å²) < 4.78 is 28.4. The van der Waals surface area contributed by atoms with Gasteiger partial charge in [0, 0.05) is 49.7 Å². The molecular formula is C24H30F2N6. The number of halogens is 2. The van der Waals surface area contributed by atoms with Gasteiger partial charge in [0.05, 0.1) is 5.69 Å². The summed E-state index contributed by atoms with van der Waals surface area (Å²) in [6.45, 7) is 13.1. The maximum atomic E-state index is 13.5. The Hall–Kier alpha value is -3.00. The predicted octanol–water partition coefficient (Wildman–Crippen LogP) is 4.76. The van der Waals surface area contributed by atoms with Gasteiger partial charge in [-0.05, 0) is 55.7 Å². The molecule has 1 aliphatic rings. The van der Waals surface area contributed by atoms with Crippen LogP contribution >= 0.6 is 0 Å². The van der Waals surface area contributed by atoms with E-state index in [0.29, 0.717) is 17.9 Å². The minimum atomic E-state index is -0.657. The molecule has 2 aromatic carbocycles. The van der Waals surface area contributed by atoms with Crippen LogP contribution in [0.3, 0.4) is 0 Å². The molecule has 0 amide bonds. The Labute approximate surface area is 187 Å². The number of benzene rings is 2. The molecule has 0 saturated carbocycles. The van der Waals surface area contributed by atoms with Crippen molar-refractivity contribution in [3.63, 3.8) is 0 Å². The SMILES string of the molecule is Cc1cc(Nc2ncn(-c3cc(F)cc(F)c3)n2)cc(N2CCN(CC(C)C)CC2C)c1. The van der Waals surface area contributed by atoms with E-state index in [2.05, 4.69) is 65.0 Å². The van der Waals surface area contributed by atoms with Crippen molar-refractivity contribution in [1.29, 1.82) is 0 Å². The van der Waals surface area contributed by atoms with Crippen LogP contribution in [0.2, 0.25) is 0 Å². The van der Waals surface area contributed by atoms with Crippen molar-refractivity contribution < 1.29 is 8.78 Å². The van der Waals surface area contributed by atoms with Crippen molar-refractivity contribution in [2.24, 2.45) is 5.92 Å². The van der Waals surface area contributed by atoms with Crippen LogP contribution in [0, 0.1) is 24.5 Å². The Kier molecular flexibility index (Phi) is 6.41. The summed E-state index contributed by atoms with van der Waals surface area (Å²) in [5, 5.41) is 7.55. The standard InChI is InChI=1S/C24H30F2N6/c1-16(2)13-30-5-6-31(18(4)14-30)22-8-17(3)7-21(12-22)28-24-27-15-32(29-24)23-10-19(25)9-20(26)11-23/h7-12,15-16,18H,5-6,13-14H2,1-4H3,(H,28,29). The Balaban J connectivity index is 1.50. The summed E-state index contributed by atoms with van der Waals surface area (Å²) in [6, 6.07) is 10.0. The molecule has 0 aliphatic carbocycles. The van der Waals surface area contributed by atoms with Crippen molar-refractivity contribution in [2.75, 3.05) is 36.4 Å². The molecule has 1 saturated heterocycles. The first-order chi connectivity index (χ1) is 15.3. The van der Waals surface area contributed by atoms with E-state index in [-0.39, 0.29) is 5.69 Å². The number of nitrogens with zero attached hydrogens (tertiary/aromatic N) is 5. The normalized spacial score (nSPS) is 17.2. The molecule has 4 rings (SSSR count). The van der Waals surface area contributed by atoms with Crippen LogP contribution in [0.4, 0.5) is 26.1 Å². The van der Waals surface area contributed by atoms with Crippen LogP contribution in [0.15, 0.2) is 42.7 Å². The highest BCUT2D eigenvalue weighted by atomic mass is 19.1. The third kappa shape index (κ3) is 5.24. The van der Waals surface area contributed by atoms with Crippen LogP contribution in [-0.2, 0) is 0 Å². The molecule has 2 heterocycles. The van der Waals surface area contributed by atoms with Gasteiger partial charge in [0.2, 0.25) is 5.95 Å². The molecule has 1 N–H and O–H groups in total. The van der Waals surface area contributed by atoms with Gasteiger partial charge in [0.15, 0.2) is 0 Å². The zero-order valence-corrected chi connectivity index (χ0v) is 19.0. The third-order valence-corrected chi connectivity index (χ3v) is 5.59. The summed E-state index contributed by atoms with van der Waals surface area (Å²) >= 11 is 0. The summed E-state index contributed by atoms with van der Waals surface area (Å²) in [6.07, 6.45) is 1.43. The number of anilines is 3. The minimum Gasteiger partial charge on any atom is -0.366 e. The Morgan fingerprint density at radius 1 is 1.03 bits per heavy atom. The second kappa shape index (κ2) is 9.24. The van der Waals surface area contributed by atoms with Gasteiger partial charge in [0.1, 0.15) is 18.0 Å². The van der Waals surface area contributed by atoms with Gasteiger partial charge in [-0.15, -0.1) is 5.10 Å². The van der Waals surface area contributed by atoms with E-state index < -0.39 is 11.6 Å². The highest BCUT2D eigenvalue weighted by Crippen LogP contribution is 2.27. The van der Waals surface area contributed by atoms with E-state index in [1.54, 1.807) is 0 Å². The van der Waals surface area contributed by atoms with Crippen LogP contribution in [0.1, 0.15) is 26.3 Å². The van der Waals surface area contributed by atoms with Crippen LogP contribution in [0.5, 0.6) is 0 Å². The molecule has 3 aromatic rings. The minimum absolute atomic E-state index is 0.279. The Morgan fingerprint density at radius 2 is 1.78 bits per heavy atom. The monoisotopic (exact) mass is 440 g/mol. The summed E-state index contributed by atoms with van der Waals surface area (Å²) in [5.74, 6) is -0.285. The topological polar surface area (TPSA) is 49.2 Å². The first-order valence-electron chi connectivity index (χ1n) is 11.0. The average Bonchev–Trinajstić information content (AvgIpc) is 3.15. The van der Waals surface area contributed by atoms with Crippen molar-refractivity contribution in [3.05, 3.63) is 59.9 Å². The first kappa shape index (κ1) is 22.2. The van der Waals surface area contributed by atoms with Crippen molar-refractivity contribution in [1.82, 2.24) is 19.7 Å². The summed E-state index contributed by atoms with van der Waals surface area (Å²) in [4.78, 5) is 9.22. The van der Waals surface area contributed by atoms with Crippen molar-refractivity contribution in [2.45, 2.75) is 33.7 Å². The molecule has 0 bridgehead atoms. The molecule has 1 fully saturated rings. The van der Waals surface area contributed by atoms with Gasteiger partial charge in [0.25, 0.3) is 0 Å². The van der Waals surface area contributed by atoms with Crippen LogP contribution in [-0.4, -0.2) is 51.9 Å². The molecule has 0 spiro atoms. The smallest absolute Gasteiger partial charge is 0.246 e. The quantitative estimate of drug-likeness (QED) is 0.599. The van der Waals surface area contributed by atoms with E-state index in [1.165, 1.54) is 23.1 Å². The second-order valence-electron chi connectivity index (χ2n) is 9.02. The Bertz CT molecular complexity index is 1060. The number of hydrogen-bond donors (Lipinski definition) is 1. The molecule has 1 atom stereocenters. The molecule has 0 radical (unpaired) electrons. The molecule has 8 heteroatoms. The zero-order valence-electron chi connectivity index (χ0n) is 19.0. The Morgan fingerprint density at radius 3 is 2.47 bits per heavy atom. The second-order valence-corrected chi connectivity index (χ2v) is 9.02. The van der Waals surface area contributed by atoms with E-state index in [9.17, 15) is 8.78 Å². The molecule has 1 aliphatic heterocycles. The highest BCUT2D eigenvalue weighted by Gasteiger charge is 2.24. The van der Waals surface area contributed by atoms with Crippen molar-refractivity contribution in [3.8, 4) is 5.69 Å². The molecule has 170 valence electrons. The summed E-state index contributed by atoms with van der Waals surface area (Å²) in [5.41, 5.74) is 3.45. The fraction of sp³-hybridized carbons (Fsp3) is 0.417. The van der Waals surface area contributed by atoms with Gasteiger partial charge in [-0.3, -0.25) is 4.90 Å². The predicted molar refractivity (Wildman–Crippen MR) is 124 cm³/mol. The molecule has 1 unspecified atom stereocenters. The van der Waals surface area contributed by atoms with Gasteiger partial charge in [-0.25, -0.2) is 13.5 Å². The molecular weight excluding hydrogens is 410 g/mol. The molecule has 32 heavy (non-hydrogen) atoms. The number of nitrogens with one attached hydrogen (secondary N) is 1. The lowest BCUT2D eigenvalue weighted by Gasteiger charge is -2.42. The van der Waals surface area contributed by atoms with Crippen LogP contribution < -0.4 is 10.2 Å². The van der Waals surface area contributed by atoms with E-state index in [1.807, 2.05) is 6.07 Å². The van der Waals surface area contributed by atoms with Crippen LogP contribution in [0.25, 0.3) is 5.69 Å². The fourth-order valence-corrected chi connectivity index (χ4v) is 4.35. The third-order valence-electron chi connectivity index (χ3n) is 5.59. The first-order valence-corrected chi connectivity index (χ1v) is 11.0. The average molecular weight is 441 g/mol. The number of piperazine rings is 1. The van der Waals surface area contributed by atoms with Gasteiger partial charge in [-0.2, -0.15) is 4.98 Å². The largest absolute Gasteiger partial charge is 0.366 e. The summed E-state index contributed by atoms with van der Waals surface area (Å²) in [7, 11) is 0. The maximum Gasteiger partial charge on any atom is 0.246 e. The van der Waals surface area contributed by atoms with Crippen molar-refractivity contribution >= 4 is 17.3 Å². The number of rotatable bonds is 6. The number of aromatic nitrogens is 3. The number of hydrogen-bond acceptors (Lipinski definition) is 5. The van der Waals surface area contributed by atoms with E-state index >= 15 is 0 Å². The fourth-order valence-electron chi connectivity index (χ4n) is 4.35. The molecule has 6 nitrogen and oxygen atoms in total. The number of aryl methyl sites for hydroxylation is 1. The van der Waals surface area contributed by atoms with E-state index in [4.69, 9.17) is 0 Å². The maximum absolute atomic E-state index is 13.5. The lowest BCUT2D eigenvalue weighted by molar-refractivity contribution is 0.206. The zero-order chi connectivity index (χ0) is 22.8. The lowest BCUT2D eigenvalue weighted by Crippen LogP contribution is -2.52.